The summed E-state index contributed by atoms with van der Waals surface area (Å²) in [5, 5.41) is 4.81. The molecule has 0 fully saturated rings. The highest BCUT2D eigenvalue weighted by Crippen LogP contribution is 2.28. The van der Waals surface area contributed by atoms with Gasteiger partial charge < -0.3 is 9.47 Å². The van der Waals surface area contributed by atoms with Gasteiger partial charge in [-0.25, -0.2) is 9.40 Å². The minimum atomic E-state index is -4.11. The van der Waals surface area contributed by atoms with Crippen LogP contribution in [0.1, 0.15) is 35.6 Å². The van der Waals surface area contributed by atoms with Gasteiger partial charge in [0, 0.05) is 12.0 Å². The van der Waals surface area contributed by atoms with Crippen molar-refractivity contribution in [1.82, 2.24) is 14.5 Å². The van der Waals surface area contributed by atoms with Crippen molar-refractivity contribution in [2.75, 3.05) is 13.2 Å². The minimum absolute atomic E-state index is 0.0653. The van der Waals surface area contributed by atoms with Crippen molar-refractivity contribution in [2.45, 2.75) is 51.3 Å². The molecule has 190 valence electrons. The molecule has 0 saturated carbocycles. The third kappa shape index (κ3) is 5.05. The molecule has 10 heteroatoms. The van der Waals surface area contributed by atoms with Crippen molar-refractivity contribution < 1.29 is 22.7 Å². The molecule has 1 amide bonds. The number of nitrogens with one attached hydrogen (secondary N) is 1. The van der Waals surface area contributed by atoms with E-state index < -0.39 is 15.9 Å². The maximum absolute atomic E-state index is 12.8. The van der Waals surface area contributed by atoms with Gasteiger partial charge in [-0.15, -0.1) is 9.24 Å². The second-order valence-electron chi connectivity index (χ2n) is 9.44. The first-order valence-corrected chi connectivity index (χ1v) is 14.1. The molecule has 3 aromatic rings. The number of hydrogen-bond donors (Lipinski definition) is 1. The molecule has 5 rings (SSSR count). The number of hydrogen-bond acceptors (Lipinski definition) is 6. The number of rotatable bonds is 6. The van der Waals surface area contributed by atoms with Gasteiger partial charge in [-0.1, -0.05) is 25.1 Å². The quantitative estimate of drug-likeness (QED) is 0.495. The van der Waals surface area contributed by atoms with E-state index in [-0.39, 0.29) is 17.4 Å². The number of carbonyl (C=O) groups excluding carboxylic acids is 1. The van der Waals surface area contributed by atoms with Crippen LogP contribution in [0.5, 0.6) is 5.88 Å². The molecule has 8 nitrogen and oxygen atoms in total. The zero-order chi connectivity index (χ0) is 25.4. The highest BCUT2D eigenvalue weighted by Gasteiger charge is 2.27. The van der Waals surface area contributed by atoms with Gasteiger partial charge in [0.1, 0.15) is 0 Å². The number of sulfonamides is 1. The van der Waals surface area contributed by atoms with E-state index in [0.717, 1.165) is 47.0 Å². The zero-order valence-electron chi connectivity index (χ0n) is 20.4. The lowest BCUT2D eigenvalue weighted by Crippen LogP contribution is -2.33. The third-order valence-electron chi connectivity index (χ3n) is 6.88. The molecule has 2 aliphatic rings. The van der Waals surface area contributed by atoms with Crippen molar-refractivity contribution >= 4 is 30.5 Å². The minimum Gasteiger partial charge on any atom is -0.477 e. The molecular formula is C26H30N3O5PS. The van der Waals surface area contributed by atoms with E-state index in [1.165, 1.54) is 17.2 Å². The molecule has 3 heterocycles. The topological polar surface area (TPSA) is 99.5 Å². The van der Waals surface area contributed by atoms with Gasteiger partial charge >= 0.3 is 0 Å². The standard InChI is InChI=1S/C26H30N3O5PS/c1-3-17-13-29-26(34-14-17)12-25(27-29)36(31,32)28-24(30)11-22-16(2)8-20(10-23(22)35)19-5-4-18-6-7-33-15-21(18)9-19/h4-5,8-10,12,17H,3,6-7,11,13-15,35H2,1-2H3,(H,28,30)/t17-/m0/s1. The summed E-state index contributed by atoms with van der Waals surface area (Å²) in [6.07, 6.45) is 1.77. The normalized spacial score (nSPS) is 17.1. The van der Waals surface area contributed by atoms with Gasteiger partial charge in [0.25, 0.3) is 10.0 Å². The zero-order valence-corrected chi connectivity index (χ0v) is 22.4. The lowest BCUT2D eigenvalue weighted by atomic mass is 9.94. The Morgan fingerprint density at radius 3 is 2.81 bits per heavy atom. The Morgan fingerprint density at radius 2 is 2.03 bits per heavy atom. The molecule has 0 saturated heterocycles. The summed E-state index contributed by atoms with van der Waals surface area (Å²) >= 11 is 0. The molecule has 2 atom stereocenters. The number of benzene rings is 2. The van der Waals surface area contributed by atoms with Crippen molar-refractivity contribution in [3.05, 3.63) is 58.7 Å². The fourth-order valence-corrected chi connectivity index (χ4v) is 6.15. The van der Waals surface area contributed by atoms with E-state index >= 15 is 0 Å². The van der Waals surface area contributed by atoms with Gasteiger partial charge in [-0.2, -0.15) is 13.5 Å². The molecule has 2 aliphatic heterocycles. The Kier molecular flexibility index (Phi) is 6.90. The van der Waals surface area contributed by atoms with Crippen molar-refractivity contribution in [2.24, 2.45) is 5.92 Å². The molecule has 0 spiro atoms. The maximum Gasteiger partial charge on any atom is 0.283 e. The highest BCUT2D eigenvalue weighted by molar-refractivity contribution is 7.90. The molecule has 2 aromatic carbocycles. The summed E-state index contributed by atoms with van der Waals surface area (Å²) in [6.45, 7) is 6.48. The van der Waals surface area contributed by atoms with Crippen molar-refractivity contribution in [1.29, 1.82) is 0 Å². The molecule has 1 aromatic heterocycles. The summed E-state index contributed by atoms with van der Waals surface area (Å²) in [5.74, 6) is 0.0716. The van der Waals surface area contributed by atoms with Gasteiger partial charge in [-0.05, 0) is 70.6 Å². The first-order chi connectivity index (χ1) is 17.2. The molecule has 1 N–H and O–H groups in total. The fourth-order valence-electron chi connectivity index (χ4n) is 4.70. The lowest BCUT2D eigenvalue weighted by Gasteiger charge is -2.22. The number of fused-ring (bicyclic) bond motifs is 2. The van der Waals surface area contributed by atoms with Gasteiger partial charge in [-0.3, -0.25) is 4.79 Å². The Morgan fingerprint density at radius 1 is 1.19 bits per heavy atom. The number of amides is 1. The van der Waals surface area contributed by atoms with Crippen LogP contribution >= 0.6 is 9.24 Å². The summed E-state index contributed by atoms with van der Waals surface area (Å²) in [7, 11) is -1.44. The van der Waals surface area contributed by atoms with E-state index in [0.29, 0.717) is 25.6 Å². The van der Waals surface area contributed by atoms with Crippen LogP contribution in [0.2, 0.25) is 0 Å². The average Bonchev–Trinajstić information content (AvgIpc) is 3.30. The van der Waals surface area contributed by atoms with E-state index in [9.17, 15) is 13.2 Å². The molecule has 0 radical (unpaired) electrons. The highest BCUT2D eigenvalue weighted by atomic mass is 32.2. The SMILES string of the molecule is CC[C@@H]1COc2cc(S(=O)(=O)NC(=O)Cc3c(C)cc(-c4ccc5c(c4)COCC5)cc3P)nn2C1. The predicted octanol–water partition coefficient (Wildman–Crippen LogP) is 2.90. The first-order valence-electron chi connectivity index (χ1n) is 12.1. The van der Waals surface area contributed by atoms with E-state index in [2.05, 4.69) is 44.2 Å². The van der Waals surface area contributed by atoms with Crippen LogP contribution in [-0.4, -0.2) is 37.3 Å². The summed E-state index contributed by atoms with van der Waals surface area (Å²) < 4.78 is 40.6. The van der Waals surface area contributed by atoms with Crippen LogP contribution in [0.15, 0.2) is 41.4 Å². The second kappa shape index (κ2) is 9.96. The van der Waals surface area contributed by atoms with Crippen LogP contribution < -0.4 is 14.8 Å². The number of nitrogens with zero attached hydrogens (tertiary/aromatic N) is 2. The monoisotopic (exact) mass is 527 g/mol. The Labute approximate surface area is 213 Å². The van der Waals surface area contributed by atoms with Gasteiger partial charge in [0.2, 0.25) is 16.8 Å². The molecular weight excluding hydrogens is 497 g/mol. The van der Waals surface area contributed by atoms with Crippen LogP contribution in [0.3, 0.4) is 0 Å². The number of aromatic nitrogens is 2. The van der Waals surface area contributed by atoms with E-state index in [4.69, 9.17) is 9.47 Å². The summed E-state index contributed by atoms with van der Waals surface area (Å²) in [6, 6.07) is 11.8. The van der Waals surface area contributed by atoms with E-state index in [1.54, 1.807) is 4.68 Å². The van der Waals surface area contributed by atoms with Crippen LogP contribution in [0.25, 0.3) is 11.1 Å². The third-order valence-corrected chi connectivity index (χ3v) is 8.64. The summed E-state index contributed by atoms with van der Waals surface area (Å²) in [5.41, 5.74) is 6.33. The maximum atomic E-state index is 12.8. The van der Waals surface area contributed by atoms with Crippen LogP contribution in [0.4, 0.5) is 0 Å². The average molecular weight is 528 g/mol. The number of carbonyl (C=O) groups is 1. The van der Waals surface area contributed by atoms with Crippen molar-refractivity contribution in [3.8, 4) is 17.0 Å². The summed E-state index contributed by atoms with van der Waals surface area (Å²) in [4.78, 5) is 12.8. The molecule has 0 aliphatic carbocycles. The fraction of sp³-hybridized carbons (Fsp3) is 0.385. The van der Waals surface area contributed by atoms with Crippen molar-refractivity contribution in [3.63, 3.8) is 0 Å². The lowest BCUT2D eigenvalue weighted by molar-refractivity contribution is -0.118. The van der Waals surface area contributed by atoms with Crippen LogP contribution in [0, 0.1) is 12.8 Å². The van der Waals surface area contributed by atoms with Gasteiger partial charge in [0.15, 0.2) is 0 Å². The Balaban J connectivity index is 1.31. The second-order valence-corrected chi connectivity index (χ2v) is 11.7. The first kappa shape index (κ1) is 24.9. The largest absolute Gasteiger partial charge is 0.477 e. The predicted molar refractivity (Wildman–Crippen MR) is 140 cm³/mol. The smallest absolute Gasteiger partial charge is 0.283 e. The Bertz CT molecular complexity index is 1410. The molecule has 36 heavy (non-hydrogen) atoms. The molecule has 0 bridgehead atoms. The Hall–Kier alpha value is -2.74. The molecule has 1 unspecified atom stereocenters. The van der Waals surface area contributed by atoms with Gasteiger partial charge in [0.05, 0.1) is 32.8 Å². The van der Waals surface area contributed by atoms with Crippen LogP contribution in [-0.2, 0) is 45.5 Å². The number of ether oxygens (including phenoxy) is 2. The van der Waals surface area contributed by atoms with E-state index in [1.807, 2.05) is 19.1 Å². The number of aryl methyl sites for hydroxylation is 1.